The van der Waals surface area contributed by atoms with Gasteiger partial charge in [0.1, 0.15) is 5.75 Å². The first-order valence-corrected chi connectivity index (χ1v) is 11.1. The number of nitrogens with zero attached hydrogens (tertiary/aromatic N) is 1. The van der Waals surface area contributed by atoms with Crippen LogP contribution in [0.2, 0.25) is 0 Å². The highest BCUT2D eigenvalue weighted by atomic mass is 19.1. The molecule has 0 amide bonds. The van der Waals surface area contributed by atoms with Gasteiger partial charge in [0.15, 0.2) is 0 Å². The smallest absolute Gasteiger partial charge is 0.220 e. The van der Waals surface area contributed by atoms with Crippen LogP contribution in [0.4, 0.5) is 4.39 Å². The Morgan fingerprint density at radius 3 is 2.29 bits per heavy atom. The molecule has 164 valence electrons. The summed E-state index contributed by atoms with van der Waals surface area (Å²) < 4.78 is 20.4. The lowest BCUT2D eigenvalue weighted by Crippen LogP contribution is -1.94. The van der Waals surface area contributed by atoms with Gasteiger partial charge in [-0.3, -0.25) is 0 Å². The van der Waals surface area contributed by atoms with Gasteiger partial charge < -0.3 is 9.72 Å². The Balaban J connectivity index is 1.72. The molecule has 6 rings (SSSR count). The minimum Gasteiger partial charge on any atom is -0.497 e. The topological polar surface area (TPSA) is 37.9 Å². The predicted octanol–water partition coefficient (Wildman–Crippen LogP) is 7.86. The van der Waals surface area contributed by atoms with Crippen molar-refractivity contribution < 1.29 is 9.13 Å². The zero-order chi connectivity index (χ0) is 23.1. The van der Waals surface area contributed by atoms with Gasteiger partial charge >= 0.3 is 0 Å². The van der Waals surface area contributed by atoms with Gasteiger partial charge in [-0.1, -0.05) is 66.7 Å². The average molecular weight is 445 g/mol. The van der Waals surface area contributed by atoms with Crippen molar-refractivity contribution >= 4 is 21.8 Å². The van der Waals surface area contributed by atoms with Crippen LogP contribution in [0.5, 0.6) is 5.75 Å². The summed E-state index contributed by atoms with van der Waals surface area (Å²) in [6, 6.07) is 32.1. The number of halogens is 1. The van der Waals surface area contributed by atoms with Gasteiger partial charge in [0.2, 0.25) is 5.95 Å². The van der Waals surface area contributed by atoms with Crippen molar-refractivity contribution in [3.8, 4) is 39.1 Å². The second-order valence-corrected chi connectivity index (χ2v) is 8.20. The van der Waals surface area contributed by atoms with Gasteiger partial charge in [0, 0.05) is 34.2 Å². The van der Waals surface area contributed by atoms with Crippen molar-refractivity contribution in [2.75, 3.05) is 7.11 Å². The van der Waals surface area contributed by atoms with Crippen molar-refractivity contribution in [2.24, 2.45) is 0 Å². The molecule has 2 aromatic heterocycles. The van der Waals surface area contributed by atoms with Gasteiger partial charge in [0.25, 0.3) is 0 Å². The Kier molecular flexibility index (Phi) is 4.84. The molecule has 0 bridgehead atoms. The Morgan fingerprint density at radius 1 is 0.706 bits per heavy atom. The number of pyridine rings is 1. The van der Waals surface area contributed by atoms with Crippen LogP contribution in [0.15, 0.2) is 103 Å². The van der Waals surface area contributed by atoms with E-state index in [0.717, 1.165) is 55.4 Å². The lowest BCUT2D eigenvalue weighted by atomic mass is 9.87. The van der Waals surface area contributed by atoms with Crippen molar-refractivity contribution in [1.82, 2.24) is 9.97 Å². The fraction of sp³-hybridized carbons (Fsp3) is 0.0333. The lowest BCUT2D eigenvalue weighted by molar-refractivity contribution is 0.415. The molecule has 0 atom stereocenters. The van der Waals surface area contributed by atoms with E-state index in [1.807, 2.05) is 42.5 Å². The number of methoxy groups -OCH3 is 1. The molecule has 2 heterocycles. The Morgan fingerprint density at radius 2 is 1.47 bits per heavy atom. The van der Waals surface area contributed by atoms with E-state index < -0.39 is 5.95 Å². The molecule has 0 spiro atoms. The van der Waals surface area contributed by atoms with Crippen LogP contribution in [0.25, 0.3) is 55.2 Å². The molecule has 0 saturated heterocycles. The molecule has 34 heavy (non-hydrogen) atoms. The zero-order valence-corrected chi connectivity index (χ0v) is 18.5. The van der Waals surface area contributed by atoms with Gasteiger partial charge in [-0.15, -0.1) is 0 Å². The predicted molar refractivity (Wildman–Crippen MR) is 136 cm³/mol. The van der Waals surface area contributed by atoms with Crippen LogP contribution >= 0.6 is 0 Å². The third-order valence-corrected chi connectivity index (χ3v) is 6.31. The van der Waals surface area contributed by atoms with Crippen LogP contribution in [-0.2, 0) is 0 Å². The SMILES string of the molecule is COc1ccc2c(c1)[nH]c1c(-c3c(-c4ccccc4)cccc3-c3cccnc3F)cccc12. The minimum atomic E-state index is -0.484. The maximum atomic E-state index is 14.9. The molecule has 3 nitrogen and oxygen atoms in total. The molecule has 0 aliphatic carbocycles. The zero-order valence-electron chi connectivity index (χ0n) is 18.5. The van der Waals surface area contributed by atoms with E-state index in [0.29, 0.717) is 5.56 Å². The highest BCUT2D eigenvalue weighted by Crippen LogP contribution is 2.44. The second kappa shape index (κ2) is 8.16. The van der Waals surface area contributed by atoms with Crippen LogP contribution in [0.3, 0.4) is 0 Å². The van der Waals surface area contributed by atoms with Crippen molar-refractivity contribution in [1.29, 1.82) is 0 Å². The molecular formula is C30H21FN2O. The number of hydrogen-bond donors (Lipinski definition) is 1. The summed E-state index contributed by atoms with van der Waals surface area (Å²) in [5.41, 5.74) is 7.34. The van der Waals surface area contributed by atoms with Gasteiger partial charge in [-0.2, -0.15) is 4.39 Å². The van der Waals surface area contributed by atoms with Crippen LogP contribution in [0.1, 0.15) is 0 Å². The van der Waals surface area contributed by atoms with Crippen molar-refractivity contribution in [2.45, 2.75) is 0 Å². The van der Waals surface area contributed by atoms with E-state index in [9.17, 15) is 4.39 Å². The molecule has 0 unspecified atom stereocenters. The number of hydrogen-bond acceptors (Lipinski definition) is 2. The van der Waals surface area contributed by atoms with Gasteiger partial charge in [-0.25, -0.2) is 4.98 Å². The summed E-state index contributed by atoms with van der Waals surface area (Å²) in [4.78, 5) is 7.52. The summed E-state index contributed by atoms with van der Waals surface area (Å²) in [6.07, 6.45) is 1.48. The van der Waals surface area contributed by atoms with E-state index in [2.05, 4.69) is 52.4 Å². The first-order valence-electron chi connectivity index (χ1n) is 11.1. The number of benzene rings is 4. The Bertz CT molecular complexity index is 1650. The molecule has 0 fully saturated rings. The van der Waals surface area contributed by atoms with E-state index >= 15 is 0 Å². The number of aromatic nitrogens is 2. The fourth-order valence-electron chi connectivity index (χ4n) is 4.76. The highest BCUT2D eigenvalue weighted by Gasteiger charge is 2.19. The third-order valence-electron chi connectivity index (χ3n) is 6.31. The number of nitrogens with one attached hydrogen (secondary N) is 1. The second-order valence-electron chi connectivity index (χ2n) is 8.20. The first-order chi connectivity index (χ1) is 16.7. The van der Waals surface area contributed by atoms with Crippen LogP contribution in [-0.4, -0.2) is 17.1 Å². The Labute approximate surface area is 196 Å². The molecule has 1 N–H and O–H groups in total. The molecule has 4 heteroatoms. The van der Waals surface area contributed by atoms with Gasteiger partial charge in [-0.05, 0) is 46.5 Å². The van der Waals surface area contributed by atoms with E-state index in [-0.39, 0.29) is 0 Å². The summed E-state index contributed by atoms with van der Waals surface area (Å²) in [5.74, 6) is 0.311. The molecule has 0 aliphatic heterocycles. The average Bonchev–Trinajstić information content (AvgIpc) is 3.27. The summed E-state index contributed by atoms with van der Waals surface area (Å²) in [5, 5.41) is 2.22. The number of rotatable bonds is 4. The highest BCUT2D eigenvalue weighted by molar-refractivity contribution is 6.14. The molecule has 0 radical (unpaired) electrons. The van der Waals surface area contributed by atoms with E-state index in [1.54, 1.807) is 19.2 Å². The minimum absolute atomic E-state index is 0.477. The fourth-order valence-corrected chi connectivity index (χ4v) is 4.76. The first kappa shape index (κ1) is 20.2. The van der Waals surface area contributed by atoms with Crippen molar-refractivity contribution in [3.63, 3.8) is 0 Å². The van der Waals surface area contributed by atoms with Crippen LogP contribution in [0, 0.1) is 5.95 Å². The number of fused-ring (bicyclic) bond motifs is 3. The summed E-state index contributed by atoms with van der Waals surface area (Å²) in [6.45, 7) is 0. The Hall–Kier alpha value is -4.44. The number of ether oxygens (including phenoxy) is 1. The maximum Gasteiger partial charge on any atom is 0.220 e. The molecule has 0 saturated carbocycles. The molecular weight excluding hydrogens is 423 g/mol. The largest absolute Gasteiger partial charge is 0.497 e. The summed E-state index contributed by atoms with van der Waals surface area (Å²) >= 11 is 0. The van der Waals surface area contributed by atoms with E-state index in [1.165, 1.54) is 6.20 Å². The van der Waals surface area contributed by atoms with E-state index in [4.69, 9.17) is 4.74 Å². The normalized spacial score (nSPS) is 11.2. The van der Waals surface area contributed by atoms with Gasteiger partial charge in [0.05, 0.1) is 18.1 Å². The molecule has 0 aliphatic rings. The van der Waals surface area contributed by atoms with Crippen molar-refractivity contribution in [3.05, 3.63) is 109 Å². The number of H-pyrrole nitrogens is 1. The quantitative estimate of drug-likeness (QED) is 0.281. The molecule has 6 aromatic rings. The summed E-state index contributed by atoms with van der Waals surface area (Å²) in [7, 11) is 1.67. The number of para-hydroxylation sites is 1. The lowest BCUT2D eigenvalue weighted by Gasteiger charge is -2.17. The maximum absolute atomic E-state index is 14.9. The van der Waals surface area contributed by atoms with Crippen LogP contribution < -0.4 is 4.74 Å². The monoisotopic (exact) mass is 444 g/mol. The third kappa shape index (κ3) is 3.23. The standard InChI is InChI=1S/C30H21FN2O/c1-34-20-15-16-22-24-12-6-13-26(29(24)33-27(22)18-20)28-21(19-8-3-2-4-9-19)10-5-11-23(28)25-14-7-17-32-30(25)31/h2-18,33H,1H3. The molecule has 4 aromatic carbocycles. The number of aromatic amines is 1.